The molecule has 1 aromatic carbocycles. The molecule has 7 nitrogen and oxygen atoms in total. The van der Waals surface area contributed by atoms with E-state index in [1.165, 1.54) is 12.1 Å². The summed E-state index contributed by atoms with van der Waals surface area (Å²) in [5.41, 5.74) is 2.53. The number of aliphatic hydroxyl groups excluding tert-OH is 1. The van der Waals surface area contributed by atoms with Crippen molar-refractivity contribution in [2.75, 3.05) is 13.2 Å². The Hall–Kier alpha value is -2.57. The molecule has 1 unspecified atom stereocenters. The Morgan fingerprint density at radius 2 is 1.88 bits per heavy atom. The number of esters is 1. The molecular formula is C26H36O7. The molecule has 0 amide bonds. The minimum atomic E-state index is -3.27. The molecule has 1 aliphatic rings. The zero-order chi connectivity index (χ0) is 24.3. The van der Waals surface area contributed by atoms with Crippen LogP contribution in [0.1, 0.15) is 52.9 Å². The van der Waals surface area contributed by atoms with Gasteiger partial charge in [-0.15, -0.1) is 0 Å². The molecule has 3 atom stereocenters. The lowest BCUT2D eigenvalue weighted by molar-refractivity contribution is -0.340. The summed E-state index contributed by atoms with van der Waals surface area (Å²) in [6.07, 6.45) is 10.8. The third kappa shape index (κ3) is 6.49. The number of aliphatic hydroxyl groups is 3. The molecule has 7 heteroatoms. The van der Waals surface area contributed by atoms with Gasteiger partial charge in [-0.25, -0.2) is 4.79 Å². The number of hydrogen-bond acceptors (Lipinski definition) is 7. The van der Waals surface area contributed by atoms with E-state index in [4.69, 9.17) is 14.2 Å². The topological polar surface area (TPSA) is 105 Å². The molecule has 1 aliphatic carbocycles. The Kier molecular flexibility index (Phi) is 10.2. The zero-order valence-electron chi connectivity index (χ0n) is 19.7. The number of rotatable bonds is 12. The van der Waals surface area contributed by atoms with Crippen molar-refractivity contribution in [1.29, 1.82) is 0 Å². The highest BCUT2D eigenvalue weighted by Crippen LogP contribution is 2.36. The van der Waals surface area contributed by atoms with Crippen LogP contribution in [0.2, 0.25) is 0 Å². The first-order valence-corrected chi connectivity index (χ1v) is 11.6. The fourth-order valence-corrected chi connectivity index (χ4v) is 4.01. The number of hydrogen-bond donors (Lipinski definition) is 3. The van der Waals surface area contributed by atoms with E-state index in [1.807, 2.05) is 0 Å². The van der Waals surface area contributed by atoms with E-state index in [1.54, 1.807) is 38.1 Å². The van der Waals surface area contributed by atoms with Gasteiger partial charge in [0.2, 0.25) is 5.76 Å². The SMILES string of the molecule is CC/C=C/[C@H]1CCC[C@@H]1CC=C=C([16OH])C([16OH])([16OH])C(OCC)(Oc1ccccc1)C(=O)OCC. The summed E-state index contributed by atoms with van der Waals surface area (Å²) < 4.78 is 16.1. The van der Waals surface area contributed by atoms with E-state index in [-0.39, 0.29) is 19.0 Å². The van der Waals surface area contributed by atoms with Gasteiger partial charge in [-0.05, 0) is 69.6 Å². The van der Waals surface area contributed by atoms with E-state index < -0.39 is 23.3 Å². The van der Waals surface area contributed by atoms with Gasteiger partial charge >= 0.3 is 17.5 Å². The average Bonchev–Trinajstić information content (AvgIpc) is 3.25. The summed E-state index contributed by atoms with van der Waals surface area (Å²) in [5.74, 6) is -7.26. The summed E-state index contributed by atoms with van der Waals surface area (Å²) in [4.78, 5) is 12.9. The summed E-state index contributed by atoms with van der Waals surface area (Å²) in [5, 5.41) is 32.5. The first-order chi connectivity index (χ1) is 15.8. The van der Waals surface area contributed by atoms with Crippen molar-refractivity contribution in [3.63, 3.8) is 0 Å². The molecule has 1 saturated carbocycles. The quantitative estimate of drug-likeness (QED) is 0.139. The van der Waals surface area contributed by atoms with Crippen molar-refractivity contribution in [2.24, 2.45) is 11.8 Å². The molecule has 0 aromatic heterocycles. The van der Waals surface area contributed by atoms with Crippen molar-refractivity contribution in [2.45, 2.75) is 64.4 Å². The van der Waals surface area contributed by atoms with E-state index in [0.717, 1.165) is 25.7 Å². The average molecular weight is 461 g/mol. The summed E-state index contributed by atoms with van der Waals surface area (Å²) in [7, 11) is 0. The lowest BCUT2D eigenvalue weighted by Crippen LogP contribution is -2.66. The maximum absolute atomic E-state index is 12.9. The molecule has 1 aromatic rings. The highest BCUT2D eigenvalue weighted by Gasteiger charge is 2.64. The minimum Gasteiger partial charge on any atom is -0.500 e. The molecular weight excluding hydrogens is 424 g/mol. The fraction of sp³-hybridized carbons (Fsp3) is 0.538. The predicted octanol–water partition coefficient (Wildman–Crippen LogP) is 4.41. The molecule has 2 rings (SSSR count). The Balaban J connectivity index is 2.37. The summed E-state index contributed by atoms with van der Waals surface area (Å²) in [6, 6.07) is 8.06. The van der Waals surface area contributed by atoms with Crippen LogP contribution in [-0.4, -0.2) is 46.1 Å². The van der Waals surface area contributed by atoms with Gasteiger partial charge < -0.3 is 29.5 Å². The first-order valence-electron chi connectivity index (χ1n) is 11.6. The van der Waals surface area contributed by atoms with Crippen molar-refractivity contribution < 1.29 is 34.3 Å². The maximum atomic E-state index is 12.9. The highest BCUT2D eigenvalue weighted by molar-refractivity contribution is 5.80. The highest BCUT2D eigenvalue weighted by atomic mass is 16.8. The van der Waals surface area contributed by atoms with Gasteiger partial charge in [0.15, 0.2) is 0 Å². The molecule has 1 fully saturated rings. The van der Waals surface area contributed by atoms with Gasteiger partial charge in [0, 0.05) is 6.61 Å². The maximum Gasteiger partial charge on any atom is 0.386 e. The van der Waals surface area contributed by atoms with E-state index in [2.05, 4.69) is 24.8 Å². The first kappa shape index (κ1) is 26.7. The Morgan fingerprint density at radius 1 is 1.15 bits per heavy atom. The Labute approximate surface area is 196 Å². The largest absolute Gasteiger partial charge is 0.500 e. The van der Waals surface area contributed by atoms with Crippen LogP contribution in [0.25, 0.3) is 0 Å². The van der Waals surface area contributed by atoms with Crippen LogP contribution >= 0.6 is 0 Å². The van der Waals surface area contributed by atoms with Gasteiger partial charge in [0.25, 0.3) is 0 Å². The molecule has 0 bridgehead atoms. The third-order valence-electron chi connectivity index (χ3n) is 5.68. The predicted molar refractivity (Wildman–Crippen MR) is 124 cm³/mol. The lowest BCUT2D eigenvalue weighted by atomic mass is 9.92. The second-order valence-electron chi connectivity index (χ2n) is 7.98. The van der Waals surface area contributed by atoms with Crippen LogP contribution in [-0.2, 0) is 14.3 Å². The normalized spacial score (nSPS) is 20.2. The fourth-order valence-electron chi connectivity index (χ4n) is 4.01. The lowest BCUT2D eigenvalue weighted by Gasteiger charge is -2.39. The van der Waals surface area contributed by atoms with Crippen molar-refractivity contribution in [3.8, 4) is 5.75 Å². The molecule has 33 heavy (non-hydrogen) atoms. The van der Waals surface area contributed by atoms with Gasteiger partial charge in [0.05, 0.1) is 6.61 Å². The van der Waals surface area contributed by atoms with Crippen LogP contribution in [0.4, 0.5) is 0 Å². The smallest absolute Gasteiger partial charge is 0.386 e. The standard InChI is InChI=1S/C26H36O7/c1-4-7-13-20-14-11-15-21(20)16-12-19-23(27)25(29,30)26(32-6-3,24(28)31-5-2)33-22-17-9-8-10-18-22/h7-10,12-13,17-18,20-21,27,29-30H,4-6,11,14-16H2,1-3H3/b13-7+/t19?,20-,21+,26?/m0/s1/i27+0,29+0,30+0. The monoisotopic (exact) mass is 460 g/mol. The minimum absolute atomic E-state index is 0.0590. The second-order valence-corrected chi connectivity index (χ2v) is 7.98. The van der Waals surface area contributed by atoms with Gasteiger partial charge in [-0.2, -0.15) is 0 Å². The molecule has 0 spiro atoms. The summed E-state index contributed by atoms with van der Waals surface area (Å²) in [6.45, 7) is 5.03. The van der Waals surface area contributed by atoms with Crippen molar-refractivity contribution >= 4 is 5.97 Å². The number of allylic oxidation sites excluding steroid dienone is 2. The second kappa shape index (κ2) is 12.6. The zero-order valence-corrected chi connectivity index (χ0v) is 19.7. The van der Waals surface area contributed by atoms with Gasteiger partial charge in [-0.3, -0.25) is 0 Å². The Bertz CT molecular complexity index is 839. The van der Waals surface area contributed by atoms with Crippen LogP contribution in [0.15, 0.2) is 60.1 Å². The van der Waals surface area contributed by atoms with E-state index >= 15 is 0 Å². The van der Waals surface area contributed by atoms with Gasteiger partial charge in [0.1, 0.15) is 5.75 Å². The van der Waals surface area contributed by atoms with Crippen LogP contribution in [0, 0.1) is 11.8 Å². The number of carbonyl (C=O) groups is 1. The number of para-hydroxylation sites is 1. The third-order valence-corrected chi connectivity index (χ3v) is 5.68. The number of benzene rings is 1. The molecule has 182 valence electrons. The summed E-state index contributed by atoms with van der Waals surface area (Å²) >= 11 is 0. The van der Waals surface area contributed by atoms with Crippen molar-refractivity contribution in [1.82, 2.24) is 0 Å². The molecule has 0 saturated heterocycles. The van der Waals surface area contributed by atoms with E-state index in [0.29, 0.717) is 18.3 Å². The number of ether oxygens (including phenoxy) is 3. The Morgan fingerprint density at radius 3 is 2.52 bits per heavy atom. The molecule has 3 N–H and O–H groups in total. The van der Waals surface area contributed by atoms with E-state index in [9.17, 15) is 20.1 Å². The van der Waals surface area contributed by atoms with Crippen LogP contribution in [0.3, 0.4) is 0 Å². The van der Waals surface area contributed by atoms with Gasteiger partial charge in [-0.1, -0.05) is 49.4 Å². The van der Waals surface area contributed by atoms with Crippen molar-refractivity contribution in [3.05, 3.63) is 60.1 Å². The number of carbonyl (C=O) groups excluding carboxylic acids is 1. The van der Waals surface area contributed by atoms with Crippen LogP contribution < -0.4 is 4.74 Å². The molecule has 0 heterocycles. The van der Waals surface area contributed by atoms with Crippen LogP contribution in [0.5, 0.6) is 5.75 Å². The molecule has 0 aliphatic heterocycles. The molecule has 0 radical (unpaired) electrons.